The van der Waals surface area contributed by atoms with Crippen LogP contribution in [0.1, 0.15) is 27.7 Å². The van der Waals surface area contributed by atoms with Gasteiger partial charge in [0.2, 0.25) is 0 Å². The van der Waals surface area contributed by atoms with Gasteiger partial charge < -0.3 is 0 Å². The molecule has 0 heterocycles. The molecule has 0 aromatic heterocycles. The van der Waals surface area contributed by atoms with Crippen LogP contribution in [0.2, 0.25) is 0 Å². The summed E-state index contributed by atoms with van der Waals surface area (Å²) in [7, 11) is -2.33. The van der Waals surface area contributed by atoms with Gasteiger partial charge in [-0.3, -0.25) is 0 Å². The van der Waals surface area contributed by atoms with Crippen LogP contribution in [0.5, 0.6) is 0 Å². The van der Waals surface area contributed by atoms with Crippen molar-refractivity contribution in [2.24, 2.45) is 22.8 Å². The lowest BCUT2D eigenvalue weighted by Crippen LogP contribution is -2.07. The minimum absolute atomic E-state index is 0.111. The predicted molar refractivity (Wildman–Crippen MR) is 58.1 cm³/mol. The summed E-state index contributed by atoms with van der Waals surface area (Å²) in [5.74, 6) is -0.494. The van der Waals surface area contributed by atoms with E-state index < -0.39 is 14.1 Å². The third-order valence-electron chi connectivity index (χ3n) is 2.86. The molecule has 5 heteroatoms. The van der Waals surface area contributed by atoms with Crippen molar-refractivity contribution in [3.63, 3.8) is 0 Å². The highest BCUT2D eigenvalue weighted by atomic mass is 31.1. The molecule has 3 unspecified atom stereocenters. The van der Waals surface area contributed by atoms with Crippen LogP contribution in [0.4, 0.5) is 0 Å². The van der Waals surface area contributed by atoms with E-state index in [4.69, 9.17) is 5.50 Å². The topological polar surface area (TPSA) is 69.4 Å². The van der Waals surface area contributed by atoms with Gasteiger partial charge in [0.05, 0.1) is 5.92 Å². The molecule has 0 aliphatic heterocycles. The number of allylic oxidation sites excluding steroid dienone is 2. The Labute approximate surface area is 90.8 Å². The first-order valence-corrected chi connectivity index (χ1v) is 6.10. The van der Waals surface area contributed by atoms with Crippen molar-refractivity contribution >= 4 is 14.1 Å². The lowest BCUT2D eigenvalue weighted by molar-refractivity contribution is -0.136. The minimum Gasteiger partial charge on any atom is -0.246 e. The van der Waals surface area contributed by atoms with E-state index in [1.807, 2.05) is 27.7 Å². The van der Waals surface area contributed by atoms with Crippen LogP contribution in [0, 0.1) is 17.3 Å². The van der Waals surface area contributed by atoms with E-state index >= 15 is 0 Å². The fraction of sp³-hybridized carbons (Fsp3) is 0.700. The number of carbonyl (C=O) groups excluding carboxylic acids is 1. The SMILES string of the molecule is CC(C)=CC1C(C(=O)O[P+](N)=O)C1(C)C. The van der Waals surface area contributed by atoms with E-state index in [0.717, 1.165) is 0 Å². The van der Waals surface area contributed by atoms with Gasteiger partial charge in [0, 0.05) is 4.57 Å². The van der Waals surface area contributed by atoms with Crippen molar-refractivity contribution < 1.29 is 13.9 Å². The zero-order valence-corrected chi connectivity index (χ0v) is 10.4. The molecular weight excluding hydrogens is 213 g/mol. The Kier molecular flexibility index (Phi) is 3.31. The molecule has 2 N–H and O–H groups in total. The standard InChI is InChI=1S/C10H17NO3P/c1-6(2)5-7-8(10(7,3)4)9(12)14-15(11)13/h5,7-8H,1-4H3,(H2,11,13)/q+1. The van der Waals surface area contributed by atoms with E-state index in [-0.39, 0.29) is 17.3 Å². The highest BCUT2D eigenvalue weighted by Crippen LogP contribution is 2.60. The fourth-order valence-corrected chi connectivity index (χ4v) is 2.23. The largest absolute Gasteiger partial charge is 0.663 e. The van der Waals surface area contributed by atoms with Crippen molar-refractivity contribution in [1.82, 2.24) is 0 Å². The maximum absolute atomic E-state index is 11.5. The lowest BCUT2D eigenvalue weighted by atomic mass is 10.1. The first-order chi connectivity index (χ1) is 6.76. The molecule has 1 saturated carbocycles. The molecular formula is C10H17NO3P+. The van der Waals surface area contributed by atoms with Crippen LogP contribution in [-0.4, -0.2) is 5.97 Å². The number of rotatable bonds is 3. The van der Waals surface area contributed by atoms with Gasteiger partial charge in [0.15, 0.2) is 0 Å². The molecule has 4 nitrogen and oxygen atoms in total. The zero-order valence-electron chi connectivity index (χ0n) is 9.48. The van der Waals surface area contributed by atoms with E-state index in [9.17, 15) is 9.36 Å². The quantitative estimate of drug-likeness (QED) is 0.597. The van der Waals surface area contributed by atoms with Crippen molar-refractivity contribution in [2.75, 3.05) is 0 Å². The summed E-state index contributed by atoms with van der Waals surface area (Å²) in [6, 6.07) is 0. The highest BCUT2D eigenvalue weighted by Gasteiger charge is 2.62. The summed E-state index contributed by atoms with van der Waals surface area (Å²) >= 11 is 0. The Morgan fingerprint density at radius 2 is 2.00 bits per heavy atom. The average molecular weight is 230 g/mol. The van der Waals surface area contributed by atoms with Gasteiger partial charge in [-0.05, 0) is 25.2 Å². The monoisotopic (exact) mass is 230 g/mol. The Hall–Kier alpha value is -0.730. The van der Waals surface area contributed by atoms with E-state index in [0.29, 0.717) is 0 Å². The Balaban J connectivity index is 2.70. The number of hydrogen-bond acceptors (Lipinski definition) is 3. The van der Waals surface area contributed by atoms with Gasteiger partial charge in [0.1, 0.15) is 0 Å². The second-order valence-electron chi connectivity index (χ2n) is 4.76. The second kappa shape index (κ2) is 4.03. The van der Waals surface area contributed by atoms with Crippen molar-refractivity contribution in [2.45, 2.75) is 27.7 Å². The first-order valence-electron chi connectivity index (χ1n) is 4.85. The van der Waals surface area contributed by atoms with Crippen LogP contribution in [0.3, 0.4) is 0 Å². The van der Waals surface area contributed by atoms with Crippen LogP contribution in [-0.2, 0) is 13.9 Å². The van der Waals surface area contributed by atoms with E-state index in [1.54, 1.807) is 0 Å². The Morgan fingerprint density at radius 3 is 2.40 bits per heavy atom. The summed E-state index contributed by atoms with van der Waals surface area (Å²) < 4.78 is 15.1. The van der Waals surface area contributed by atoms with Crippen LogP contribution < -0.4 is 5.50 Å². The zero-order chi connectivity index (χ0) is 11.8. The first kappa shape index (κ1) is 12.3. The molecule has 1 fully saturated rings. The summed E-state index contributed by atoms with van der Waals surface area (Å²) in [6.45, 7) is 7.96. The average Bonchev–Trinajstić information content (AvgIpc) is 2.49. The Bertz CT molecular complexity index is 332. The molecule has 1 rings (SSSR count). The minimum atomic E-state index is -2.33. The molecule has 1 aliphatic carbocycles. The van der Waals surface area contributed by atoms with Gasteiger partial charge in [0.25, 0.3) is 0 Å². The third-order valence-corrected chi connectivity index (χ3v) is 3.22. The summed E-state index contributed by atoms with van der Waals surface area (Å²) in [4.78, 5) is 11.5. The summed E-state index contributed by atoms with van der Waals surface area (Å²) in [5, 5.41) is 0. The van der Waals surface area contributed by atoms with Crippen molar-refractivity contribution in [3.05, 3.63) is 11.6 Å². The number of hydrogen-bond donors (Lipinski definition) is 1. The van der Waals surface area contributed by atoms with Gasteiger partial charge in [-0.2, -0.15) is 4.52 Å². The van der Waals surface area contributed by atoms with Crippen LogP contribution in [0.15, 0.2) is 11.6 Å². The highest BCUT2D eigenvalue weighted by molar-refractivity contribution is 7.36. The lowest BCUT2D eigenvalue weighted by Gasteiger charge is -1.97. The summed E-state index contributed by atoms with van der Waals surface area (Å²) in [6.07, 6.45) is 2.05. The molecule has 0 aromatic carbocycles. The molecule has 0 saturated heterocycles. The third kappa shape index (κ3) is 2.64. The van der Waals surface area contributed by atoms with Crippen LogP contribution >= 0.6 is 8.18 Å². The summed E-state index contributed by atoms with van der Waals surface area (Å²) in [5.41, 5.74) is 6.00. The van der Waals surface area contributed by atoms with Crippen LogP contribution in [0.25, 0.3) is 0 Å². The number of carbonyl (C=O) groups is 1. The normalized spacial score (nSPS) is 27.9. The van der Waals surface area contributed by atoms with E-state index in [2.05, 4.69) is 10.6 Å². The molecule has 0 aromatic rings. The molecule has 3 atom stereocenters. The molecule has 0 spiro atoms. The van der Waals surface area contributed by atoms with Gasteiger partial charge in [-0.1, -0.05) is 31.0 Å². The molecule has 15 heavy (non-hydrogen) atoms. The van der Waals surface area contributed by atoms with Crippen molar-refractivity contribution in [3.8, 4) is 0 Å². The fourth-order valence-electron chi connectivity index (χ4n) is 1.94. The van der Waals surface area contributed by atoms with Gasteiger partial charge >= 0.3 is 14.1 Å². The molecule has 0 radical (unpaired) electrons. The number of nitrogens with two attached hydrogens (primary N) is 1. The molecule has 0 bridgehead atoms. The smallest absolute Gasteiger partial charge is 0.246 e. The maximum atomic E-state index is 11.5. The van der Waals surface area contributed by atoms with Gasteiger partial charge in [-0.15, -0.1) is 0 Å². The predicted octanol–water partition coefficient (Wildman–Crippen LogP) is 2.38. The van der Waals surface area contributed by atoms with Crippen molar-refractivity contribution in [1.29, 1.82) is 0 Å². The second-order valence-corrected chi connectivity index (χ2v) is 5.52. The molecule has 1 aliphatic rings. The maximum Gasteiger partial charge on any atom is 0.663 e. The molecule has 84 valence electrons. The van der Waals surface area contributed by atoms with Gasteiger partial charge in [-0.25, -0.2) is 4.79 Å². The Morgan fingerprint density at radius 1 is 1.47 bits per heavy atom. The molecule has 0 amide bonds. The van der Waals surface area contributed by atoms with E-state index in [1.165, 1.54) is 5.57 Å².